The number of ketones is 1. The lowest BCUT2D eigenvalue weighted by molar-refractivity contribution is -0.121. The zero-order chi connectivity index (χ0) is 16.1. The molecule has 0 spiro atoms. The molecule has 0 aliphatic heterocycles. The Labute approximate surface area is 162 Å². The highest BCUT2D eigenvalue weighted by molar-refractivity contribution is 9.11. The van der Waals surface area contributed by atoms with Gasteiger partial charge >= 0.3 is 0 Å². The average Bonchev–Trinajstić information content (AvgIpc) is 2.52. The van der Waals surface area contributed by atoms with Gasteiger partial charge < -0.3 is 0 Å². The van der Waals surface area contributed by atoms with Gasteiger partial charge in [-0.05, 0) is 55.1 Å². The second kappa shape index (κ2) is 8.66. The summed E-state index contributed by atoms with van der Waals surface area (Å²) in [5.74, 6) is -0.438. The molecule has 0 aliphatic rings. The van der Waals surface area contributed by atoms with E-state index in [1.54, 1.807) is 12.4 Å². The Hall–Kier alpha value is -0.110. The summed E-state index contributed by atoms with van der Waals surface area (Å²) in [7, 11) is 0. The molecule has 2 unspecified atom stereocenters. The topological polar surface area (TPSA) is 42.9 Å². The van der Waals surface area contributed by atoms with Crippen LogP contribution in [0.15, 0.2) is 45.9 Å². The fourth-order valence-corrected chi connectivity index (χ4v) is 4.57. The van der Waals surface area contributed by atoms with Crippen LogP contribution in [0.3, 0.4) is 0 Å². The van der Waals surface area contributed by atoms with Gasteiger partial charge in [-0.3, -0.25) is 4.79 Å². The molecule has 2 aromatic heterocycles. The van der Waals surface area contributed by atoms with Crippen molar-refractivity contribution in [2.75, 3.05) is 10.7 Å². The van der Waals surface area contributed by atoms with Gasteiger partial charge in [-0.25, -0.2) is 9.97 Å². The van der Waals surface area contributed by atoms with Crippen LogP contribution in [0.1, 0.15) is 23.0 Å². The minimum absolute atomic E-state index is 0.121. The van der Waals surface area contributed by atoms with E-state index >= 15 is 0 Å². The molecule has 0 fully saturated rings. The third-order valence-electron chi connectivity index (χ3n) is 3.32. The first-order valence-electron chi connectivity index (χ1n) is 6.46. The van der Waals surface area contributed by atoms with Crippen molar-refractivity contribution in [2.45, 2.75) is 11.8 Å². The van der Waals surface area contributed by atoms with Crippen LogP contribution in [0.5, 0.6) is 0 Å². The smallest absolute Gasteiger partial charge is 0.149 e. The molecule has 0 N–H and O–H groups in total. The maximum atomic E-state index is 13.1. The van der Waals surface area contributed by atoms with E-state index in [-0.39, 0.29) is 17.6 Å². The molecule has 2 rings (SSSR count). The molecule has 22 heavy (non-hydrogen) atoms. The summed E-state index contributed by atoms with van der Waals surface area (Å²) in [6, 6.07) is 7.52. The van der Waals surface area contributed by atoms with E-state index in [1.165, 1.54) is 0 Å². The van der Waals surface area contributed by atoms with Gasteiger partial charge in [0.05, 0.1) is 11.8 Å². The average molecular weight is 556 g/mol. The first kappa shape index (κ1) is 18.2. The predicted molar refractivity (Wildman–Crippen MR) is 102 cm³/mol. The third kappa shape index (κ3) is 4.04. The summed E-state index contributed by atoms with van der Waals surface area (Å²) in [6.07, 6.45) is 3.39. The minimum Gasteiger partial charge on any atom is -0.298 e. The number of hydrogen-bond acceptors (Lipinski definition) is 3. The molecule has 0 saturated heterocycles. The maximum absolute atomic E-state index is 13.1. The molecule has 0 bridgehead atoms. The number of carbonyl (C=O) groups is 1. The molecule has 0 aromatic carbocycles. The van der Waals surface area contributed by atoms with Gasteiger partial charge in [0.15, 0.2) is 0 Å². The molecule has 2 heterocycles. The molecule has 0 radical (unpaired) electrons. The Kier molecular flexibility index (Phi) is 7.18. The van der Waals surface area contributed by atoms with Crippen LogP contribution >= 0.6 is 63.7 Å². The molecule has 0 amide bonds. The second-order valence-electron chi connectivity index (χ2n) is 4.58. The van der Waals surface area contributed by atoms with E-state index in [0.29, 0.717) is 19.9 Å². The molecule has 0 aliphatic carbocycles. The standard InChI is InChI=1S/C15H12Br4N2O/c16-7-11(9-3-1-5-20-14(9)18)13(22)12(8-17)10-4-2-6-21-15(10)19/h1-6,11-12H,7-8H2. The second-order valence-corrected chi connectivity index (χ2v) is 7.38. The number of hydrogen-bond donors (Lipinski definition) is 0. The van der Waals surface area contributed by atoms with Gasteiger partial charge in [-0.2, -0.15) is 0 Å². The van der Waals surface area contributed by atoms with Gasteiger partial charge in [-0.15, -0.1) is 0 Å². The highest BCUT2D eigenvalue weighted by Gasteiger charge is 2.30. The van der Waals surface area contributed by atoms with Gasteiger partial charge in [-0.1, -0.05) is 44.0 Å². The van der Waals surface area contributed by atoms with Crippen LogP contribution in [-0.4, -0.2) is 26.4 Å². The SMILES string of the molecule is O=C(C(CBr)c1cccnc1Br)C(CBr)c1cccnc1Br. The van der Waals surface area contributed by atoms with Crippen molar-refractivity contribution in [3.63, 3.8) is 0 Å². The highest BCUT2D eigenvalue weighted by atomic mass is 79.9. The quantitative estimate of drug-likeness (QED) is 0.362. The fraction of sp³-hybridized carbons (Fsp3) is 0.267. The largest absolute Gasteiger partial charge is 0.298 e. The van der Waals surface area contributed by atoms with Crippen molar-refractivity contribution in [1.82, 2.24) is 9.97 Å². The molecular formula is C15H12Br4N2O. The molecule has 116 valence electrons. The highest BCUT2D eigenvalue weighted by Crippen LogP contribution is 2.34. The number of alkyl halides is 2. The Balaban J connectivity index is 2.39. The van der Waals surface area contributed by atoms with Crippen molar-refractivity contribution in [3.8, 4) is 0 Å². The number of Topliss-reactive ketones (excluding diaryl/α,β-unsaturated/α-hetero) is 1. The van der Waals surface area contributed by atoms with Gasteiger partial charge in [0.1, 0.15) is 15.0 Å². The van der Waals surface area contributed by atoms with E-state index in [1.807, 2.05) is 24.3 Å². The predicted octanol–water partition coefficient (Wildman–Crippen LogP) is 5.23. The summed E-state index contributed by atoms with van der Waals surface area (Å²) in [6.45, 7) is 0. The summed E-state index contributed by atoms with van der Waals surface area (Å²) in [4.78, 5) is 21.5. The molecule has 2 aromatic rings. The number of nitrogens with zero attached hydrogens (tertiary/aromatic N) is 2. The van der Waals surface area contributed by atoms with Crippen LogP contribution in [0.25, 0.3) is 0 Å². The van der Waals surface area contributed by atoms with Crippen LogP contribution in [0, 0.1) is 0 Å². The van der Waals surface area contributed by atoms with Crippen LogP contribution in [0.2, 0.25) is 0 Å². The van der Waals surface area contributed by atoms with E-state index in [2.05, 4.69) is 73.7 Å². The summed E-state index contributed by atoms with van der Waals surface area (Å²) in [5.41, 5.74) is 1.77. The van der Waals surface area contributed by atoms with E-state index in [9.17, 15) is 4.79 Å². The summed E-state index contributed by atoms with van der Waals surface area (Å²) < 4.78 is 1.40. The van der Waals surface area contributed by atoms with Crippen LogP contribution in [-0.2, 0) is 4.79 Å². The van der Waals surface area contributed by atoms with Gasteiger partial charge in [0, 0.05) is 23.1 Å². The molecule has 7 heteroatoms. The summed E-state index contributed by atoms with van der Waals surface area (Å²) >= 11 is 13.8. The first-order chi connectivity index (χ1) is 10.6. The van der Waals surface area contributed by atoms with E-state index in [0.717, 1.165) is 11.1 Å². The van der Waals surface area contributed by atoms with Crippen LogP contribution in [0.4, 0.5) is 0 Å². The Bertz CT molecular complexity index is 610. The number of rotatable bonds is 6. The molecule has 2 atom stereocenters. The molecule has 0 saturated carbocycles. The first-order valence-corrected chi connectivity index (χ1v) is 10.3. The molecular weight excluding hydrogens is 544 g/mol. The normalized spacial score (nSPS) is 13.6. The monoisotopic (exact) mass is 552 g/mol. The number of aromatic nitrogens is 2. The lowest BCUT2D eigenvalue weighted by atomic mass is 9.87. The zero-order valence-electron chi connectivity index (χ0n) is 11.3. The van der Waals surface area contributed by atoms with Crippen molar-refractivity contribution >= 4 is 69.5 Å². The van der Waals surface area contributed by atoms with Crippen molar-refractivity contribution in [2.24, 2.45) is 0 Å². The van der Waals surface area contributed by atoms with E-state index in [4.69, 9.17) is 0 Å². The fourth-order valence-electron chi connectivity index (χ4n) is 2.18. The van der Waals surface area contributed by atoms with E-state index < -0.39 is 0 Å². The van der Waals surface area contributed by atoms with Crippen LogP contribution < -0.4 is 0 Å². The molecule has 3 nitrogen and oxygen atoms in total. The van der Waals surface area contributed by atoms with Gasteiger partial charge in [0.2, 0.25) is 0 Å². The maximum Gasteiger partial charge on any atom is 0.149 e. The Morgan fingerprint density at radius 3 is 1.64 bits per heavy atom. The number of pyridine rings is 2. The Morgan fingerprint density at radius 1 is 0.909 bits per heavy atom. The lowest BCUT2D eigenvalue weighted by Gasteiger charge is -2.21. The van der Waals surface area contributed by atoms with Crippen molar-refractivity contribution in [3.05, 3.63) is 57.0 Å². The minimum atomic E-state index is -0.280. The summed E-state index contributed by atoms with van der Waals surface area (Å²) in [5, 5.41) is 1.08. The Morgan fingerprint density at radius 2 is 1.32 bits per heavy atom. The third-order valence-corrected chi connectivity index (χ3v) is 5.94. The zero-order valence-corrected chi connectivity index (χ0v) is 17.7. The van der Waals surface area contributed by atoms with Crippen molar-refractivity contribution < 1.29 is 4.79 Å². The number of carbonyl (C=O) groups excluding carboxylic acids is 1. The van der Waals surface area contributed by atoms with Gasteiger partial charge in [0.25, 0.3) is 0 Å². The van der Waals surface area contributed by atoms with Crippen molar-refractivity contribution in [1.29, 1.82) is 0 Å². The number of halogens is 4. The lowest BCUT2D eigenvalue weighted by Crippen LogP contribution is -2.24.